The van der Waals surface area contributed by atoms with E-state index in [0.717, 1.165) is 22.2 Å². The SMILES string of the molecule is COC(=O)c1ccc(Cl)c(NC(=O)C(C)(C)c2c(C)[nH]c3ccccc23)c1. The van der Waals surface area contributed by atoms with Crippen LogP contribution >= 0.6 is 11.6 Å². The summed E-state index contributed by atoms with van der Waals surface area (Å²) >= 11 is 6.22. The minimum absolute atomic E-state index is 0.223. The molecule has 0 radical (unpaired) electrons. The van der Waals surface area contributed by atoms with Gasteiger partial charge in [0.25, 0.3) is 0 Å². The van der Waals surface area contributed by atoms with Gasteiger partial charge in [-0.25, -0.2) is 4.79 Å². The van der Waals surface area contributed by atoms with Crippen molar-refractivity contribution in [3.05, 3.63) is 64.3 Å². The number of nitrogens with one attached hydrogen (secondary N) is 2. The molecule has 3 aromatic rings. The fourth-order valence-corrected chi connectivity index (χ4v) is 3.50. The molecular formula is C21H21ClN2O3. The number of aromatic nitrogens is 1. The van der Waals surface area contributed by atoms with Crippen molar-refractivity contribution in [2.75, 3.05) is 12.4 Å². The van der Waals surface area contributed by atoms with Crippen LogP contribution < -0.4 is 5.32 Å². The lowest BCUT2D eigenvalue weighted by atomic mass is 9.81. The van der Waals surface area contributed by atoms with E-state index >= 15 is 0 Å². The summed E-state index contributed by atoms with van der Waals surface area (Å²) in [4.78, 5) is 28.2. The van der Waals surface area contributed by atoms with Crippen LogP contribution in [0.1, 0.15) is 35.5 Å². The molecule has 1 amide bonds. The van der Waals surface area contributed by atoms with E-state index < -0.39 is 11.4 Å². The Morgan fingerprint density at radius 3 is 2.56 bits per heavy atom. The highest BCUT2D eigenvalue weighted by atomic mass is 35.5. The van der Waals surface area contributed by atoms with Gasteiger partial charge in [0.15, 0.2) is 0 Å². The smallest absolute Gasteiger partial charge is 0.337 e. The molecule has 3 rings (SSSR count). The van der Waals surface area contributed by atoms with Crippen LogP contribution in [0.5, 0.6) is 0 Å². The summed E-state index contributed by atoms with van der Waals surface area (Å²) in [6, 6.07) is 12.5. The number of carbonyl (C=O) groups excluding carboxylic acids is 2. The number of hydrogen-bond acceptors (Lipinski definition) is 3. The monoisotopic (exact) mass is 384 g/mol. The Labute approximate surface area is 162 Å². The average Bonchev–Trinajstić information content (AvgIpc) is 2.99. The predicted octanol–water partition coefficient (Wildman–Crippen LogP) is 4.83. The third kappa shape index (κ3) is 3.43. The second-order valence-electron chi connectivity index (χ2n) is 6.94. The maximum absolute atomic E-state index is 13.1. The number of methoxy groups -OCH3 is 1. The van der Waals surface area contributed by atoms with Gasteiger partial charge < -0.3 is 15.0 Å². The van der Waals surface area contributed by atoms with E-state index in [2.05, 4.69) is 10.3 Å². The van der Waals surface area contributed by atoms with E-state index in [1.807, 2.05) is 45.0 Å². The largest absolute Gasteiger partial charge is 0.465 e. The molecule has 1 aromatic heterocycles. The number of aromatic amines is 1. The van der Waals surface area contributed by atoms with Crippen molar-refractivity contribution < 1.29 is 14.3 Å². The van der Waals surface area contributed by atoms with Crippen LogP contribution in [-0.2, 0) is 14.9 Å². The highest BCUT2D eigenvalue weighted by Gasteiger charge is 2.34. The number of esters is 1. The lowest BCUT2D eigenvalue weighted by molar-refractivity contribution is -0.120. The van der Waals surface area contributed by atoms with Crippen LogP contribution in [0.4, 0.5) is 5.69 Å². The second kappa shape index (κ2) is 7.08. The first-order valence-corrected chi connectivity index (χ1v) is 8.90. The number of anilines is 1. The molecule has 0 spiro atoms. The van der Waals surface area contributed by atoms with E-state index in [0.29, 0.717) is 16.3 Å². The molecule has 27 heavy (non-hydrogen) atoms. The molecule has 140 valence electrons. The summed E-state index contributed by atoms with van der Waals surface area (Å²) in [6.45, 7) is 5.68. The number of hydrogen-bond donors (Lipinski definition) is 2. The van der Waals surface area contributed by atoms with Crippen molar-refractivity contribution in [1.29, 1.82) is 0 Å². The second-order valence-corrected chi connectivity index (χ2v) is 7.34. The number of carbonyl (C=O) groups is 2. The van der Waals surface area contributed by atoms with Gasteiger partial charge in [0.05, 0.1) is 28.8 Å². The van der Waals surface area contributed by atoms with Crippen LogP contribution in [0, 0.1) is 6.92 Å². The van der Waals surface area contributed by atoms with Gasteiger partial charge in [-0.05, 0) is 50.6 Å². The molecule has 0 aliphatic carbocycles. The molecule has 0 aliphatic rings. The summed E-state index contributed by atoms with van der Waals surface area (Å²) in [5, 5.41) is 4.21. The highest BCUT2D eigenvalue weighted by molar-refractivity contribution is 6.34. The first-order valence-electron chi connectivity index (χ1n) is 8.52. The third-order valence-electron chi connectivity index (χ3n) is 4.72. The van der Waals surface area contributed by atoms with Gasteiger partial charge in [0.1, 0.15) is 0 Å². The van der Waals surface area contributed by atoms with Crippen molar-refractivity contribution in [2.45, 2.75) is 26.2 Å². The topological polar surface area (TPSA) is 71.2 Å². The Hall–Kier alpha value is -2.79. The quantitative estimate of drug-likeness (QED) is 0.632. The van der Waals surface area contributed by atoms with Gasteiger partial charge in [0, 0.05) is 16.6 Å². The average molecular weight is 385 g/mol. The van der Waals surface area contributed by atoms with Crippen LogP contribution in [0.15, 0.2) is 42.5 Å². The van der Waals surface area contributed by atoms with E-state index in [-0.39, 0.29) is 5.91 Å². The van der Waals surface area contributed by atoms with Gasteiger partial charge in [0.2, 0.25) is 5.91 Å². The van der Waals surface area contributed by atoms with E-state index in [1.165, 1.54) is 13.2 Å². The van der Waals surface area contributed by atoms with E-state index in [1.54, 1.807) is 12.1 Å². The number of para-hydroxylation sites is 1. The molecule has 0 fully saturated rings. The first-order chi connectivity index (χ1) is 12.8. The normalized spacial score (nSPS) is 11.4. The molecule has 0 aliphatic heterocycles. The minimum atomic E-state index is -0.825. The summed E-state index contributed by atoms with van der Waals surface area (Å²) in [5.74, 6) is -0.715. The molecule has 0 unspecified atom stereocenters. The fourth-order valence-electron chi connectivity index (χ4n) is 3.34. The van der Waals surface area contributed by atoms with E-state index in [9.17, 15) is 9.59 Å². The Kier molecular flexibility index (Phi) is 4.98. The molecule has 1 heterocycles. The number of amides is 1. The van der Waals surface area contributed by atoms with E-state index in [4.69, 9.17) is 16.3 Å². The number of H-pyrrole nitrogens is 1. The molecule has 0 saturated carbocycles. The molecule has 2 aromatic carbocycles. The Balaban J connectivity index is 1.98. The molecule has 5 nitrogen and oxygen atoms in total. The Morgan fingerprint density at radius 2 is 1.85 bits per heavy atom. The van der Waals surface area contributed by atoms with Crippen molar-refractivity contribution in [3.63, 3.8) is 0 Å². The van der Waals surface area contributed by atoms with Crippen LogP contribution in [0.2, 0.25) is 5.02 Å². The molecule has 0 saturated heterocycles. The number of ether oxygens (including phenoxy) is 1. The van der Waals surface area contributed by atoms with Gasteiger partial charge in [-0.2, -0.15) is 0 Å². The molecule has 0 bridgehead atoms. The number of benzene rings is 2. The number of fused-ring (bicyclic) bond motifs is 1. The lowest BCUT2D eigenvalue weighted by Gasteiger charge is -2.25. The van der Waals surface area contributed by atoms with Crippen molar-refractivity contribution in [1.82, 2.24) is 4.98 Å². The summed E-state index contributed by atoms with van der Waals surface area (Å²) in [6.07, 6.45) is 0. The fraction of sp³-hybridized carbons (Fsp3) is 0.238. The molecule has 2 N–H and O–H groups in total. The zero-order chi connectivity index (χ0) is 19.8. The van der Waals surface area contributed by atoms with Gasteiger partial charge in [-0.3, -0.25) is 4.79 Å². The maximum atomic E-state index is 13.1. The Bertz CT molecular complexity index is 1040. The molecular weight excluding hydrogens is 364 g/mol. The van der Waals surface area contributed by atoms with Crippen LogP contribution in [0.3, 0.4) is 0 Å². The minimum Gasteiger partial charge on any atom is -0.465 e. The van der Waals surface area contributed by atoms with Gasteiger partial charge in [-0.15, -0.1) is 0 Å². The number of aryl methyl sites for hydroxylation is 1. The maximum Gasteiger partial charge on any atom is 0.337 e. The molecule has 0 atom stereocenters. The highest BCUT2D eigenvalue weighted by Crippen LogP contribution is 2.35. The zero-order valence-corrected chi connectivity index (χ0v) is 16.4. The zero-order valence-electron chi connectivity index (χ0n) is 15.6. The predicted molar refractivity (Wildman–Crippen MR) is 107 cm³/mol. The summed E-state index contributed by atoms with van der Waals surface area (Å²) in [7, 11) is 1.30. The van der Waals surface area contributed by atoms with Crippen molar-refractivity contribution >= 4 is 40.1 Å². The van der Waals surface area contributed by atoms with Crippen molar-refractivity contribution in [3.8, 4) is 0 Å². The third-order valence-corrected chi connectivity index (χ3v) is 5.05. The number of halogens is 1. The number of rotatable bonds is 4. The molecule has 6 heteroatoms. The summed E-state index contributed by atoms with van der Waals surface area (Å²) < 4.78 is 4.73. The Morgan fingerprint density at radius 1 is 1.15 bits per heavy atom. The van der Waals surface area contributed by atoms with Crippen LogP contribution in [0.25, 0.3) is 10.9 Å². The summed E-state index contributed by atoms with van der Waals surface area (Å²) in [5.41, 5.74) is 2.71. The van der Waals surface area contributed by atoms with Gasteiger partial charge >= 0.3 is 5.97 Å². The van der Waals surface area contributed by atoms with Gasteiger partial charge in [-0.1, -0.05) is 29.8 Å². The lowest BCUT2D eigenvalue weighted by Crippen LogP contribution is -2.35. The van der Waals surface area contributed by atoms with Crippen molar-refractivity contribution in [2.24, 2.45) is 0 Å². The van der Waals surface area contributed by atoms with Crippen LogP contribution in [-0.4, -0.2) is 24.0 Å². The standard InChI is InChI=1S/C21H21ClN2O3/c1-12-18(14-7-5-6-8-16(14)23-12)21(2,3)20(26)24-17-11-13(19(25)27-4)9-10-15(17)22/h5-11,23H,1-4H3,(H,24,26). The first kappa shape index (κ1) is 19.0.